The molecule has 1 aliphatic carbocycles. The first-order valence-electron chi connectivity index (χ1n) is 13.5. The summed E-state index contributed by atoms with van der Waals surface area (Å²) in [6.07, 6.45) is 16.6. The molecule has 2 saturated heterocycles. The van der Waals surface area contributed by atoms with Crippen LogP contribution in [-0.2, 0) is 9.47 Å². The number of piperidine rings is 1. The van der Waals surface area contributed by atoms with Crippen molar-refractivity contribution in [3.63, 3.8) is 0 Å². The van der Waals surface area contributed by atoms with E-state index in [4.69, 9.17) is 19.2 Å². The van der Waals surface area contributed by atoms with Gasteiger partial charge in [-0.25, -0.2) is 0 Å². The molecule has 1 aromatic heterocycles. The molecule has 0 bridgehead atoms. The van der Waals surface area contributed by atoms with Crippen molar-refractivity contribution < 1.29 is 14.2 Å². The zero-order valence-corrected chi connectivity index (χ0v) is 21.8. The molecule has 196 valence electrons. The number of rotatable bonds is 8. The fourth-order valence-corrected chi connectivity index (χ4v) is 5.18. The second kappa shape index (κ2) is 12.2. The van der Waals surface area contributed by atoms with Crippen LogP contribution in [0.15, 0.2) is 54.0 Å². The summed E-state index contributed by atoms with van der Waals surface area (Å²) >= 11 is 0. The van der Waals surface area contributed by atoms with E-state index < -0.39 is 0 Å². The van der Waals surface area contributed by atoms with Crippen LogP contribution in [0.4, 0.5) is 5.82 Å². The number of nitriles is 1. The smallest absolute Gasteiger partial charge is 0.233 e. The summed E-state index contributed by atoms with van der Waals surface area (Å²) in [5.41, 5.74) is 2.83. The van der Waals surface area contributed by atoms with Gasteiger partial charge in [-0.05, 0) is 50.7 Å². The molecule has 4 heterocycles. The maximum Gasteiger partial charge on any atom is 0.233 e. The van der Waals surface area contributed by atoms with Crippen molar-refractivity contribution in [2.75, 3.05) is 57.3 Å². The number of pyridine rings is 1. The van der Waals surface area contributed by atoms with Crippen molar-refractivity contribution >= 4 is 5.82 Å². The highest BCUT2D eigenvalue weighted by molar-refractivity contribution is 5.53. The molecule has 5 rings (SSSR count). The van der Waals surface area contributed by atoms with E-state index >= 15 is 0 Å². The molecule has 3 aliphatic heterocycles. The van der Waals surface area contributed by atoms with Gasteiger partial charge in [0, 0.05) is 52.2 Å². The van der Waals surface area contributed by atoms with Crippen molar-refractivity contribution in [1.29, 1.82) is 5.26 Å². The summed E-state index contributed by atoms with van der Waals surface area (Å²) in [6.45, 7) is 8.82. The molecule has 8 nitrogen and oxygen atoms in total. The third-order valence-electron chi connectivity index (χ3n) is 7.42. The first-order valence-corrected chi connectivity index (χ1v) is 13.5. The fourth-order valence-electron chi connectivity index (χ4n) is 5.18. The van der Waals surface area contributed by atoms with Gasteiger partial charge >= 0.3 is 0 Å². The Kier molecular flexibility index (Phi) is 8.32. The number of aryl methyl sites for hydroxylation is 1. The van der Waals surface area contributed by atoms with Gasteiger partial charge in [-0.2, -0.15) is 10.2 Å². The lowest BCUT2D eigenvalue weighted by molar-refractivity contribution is 0.0766. The van der Waals surface area contributed by atoms with E-state index in [1.807, 2.05) is 13.0 Å². The number of hydrogen-bond donors (Lipinski definition) is 0. The van der Waals surface area contributed by atoms with E-state index in [-0.39, 0.29) is 0 Å². The van der Waals surface area contributed by atoms with Gasteiger partial charge in [0.15, 0.2) is 6.26 Å². The van der Waals surface area contributed by atoms with Crippen molar-refractivity contribution in [1.82, 2.24) is 14.8 Å². The molecular weight excluding hydrogens is 466 g/mol. The monoisotopic (exact) mass is 503 g/mol. The Morgan fingerprint density at radius 2 is 1.86 bits per heavy atom. The van der Waals surface area contributed by atoms with Crippen LogP contribution < -0.4 is 9.64 Å². The predicted octanol–water partition coefficient (Wildman–Crippen LogP) is 4.60. The molecule has 37 heavy (non-hydrogen) atoms. The molecule has 0 N–H and O–H groups in total. The molecule has 8 heteroatoms. The number of hydrogen-bond acceptors (Lipinski definition) is 8. The number of nitrogens with zero attached hydrogens (tertiary/aromatic N) is 5. The highest BCUT2D eigenvalue weighted by Crippen LogP contribution is 2.27. The van der Waals surface area contributed by atoms with E-state index in [0.29, 0.717) is 18.1 Å². The SMILES string of the molecule is Cc1cc(N2CCCCC2)nc(OCCN2CCN(C3=COC(CC4=CC=CCC4)=CO3)CC2)c1C#N. The number of ether oxygens (including phenoxy) is 3. The summed E-state index contributed by atoms with van der Waals surface area (Å²) in [5.74, 6) is 3.01. The Morgan fingerprint density at radius 1 is 1.03 bits per heavy atom. The van der Waals surface area contributed by atoms with Crippen molar-refractivity contribution in [2.24, 2.45) is 0 Å². The van der Waals surface area contributed by atoms with E-state index in [9.17, 15) is 5.26 Å². The fraction of sp³-hybridized carbons (Fsp3) is 0.517. The van der Waals surface area contributed by atoms with Gasteiger partial charge < -0.3 is 24.0 Å². The van der Waals surface area contributed by atoms with Crippen molar-refractivity contribution in [3.05, 3.63) is 65.2 Å². The van der Waals surface area contributed by atoms with E-state index in [1.165, 1.54) is 24.8 Å². The van der Waals surface area contributed by atoms with Crippen molar-refractivity contribution in [3.8, 4) is 11.9 Å². The largest absolute Gasteiger partial charge is 0.475 e. The van der Waals surface area contributed by atoms with Crippen LogP contribution in [0.3, 0.4) is 0 Å². The number of aromatic nitrogens is 1. The summed E-state index contributed by atoms with van der Waals surface area (Å²) in [5, 5.41) is 9.66. The Hall–Kier alpha value is -3.44. The summed E-state index contributed by atoms with van der Waals surface area (Å²) in [6, 6.07) is 4.30. The molecule has 0 amide bonds. The van der Waals surface area contributed by atoms with Crippen LogP contribution >= 0.6 is 0 Å². The standard InChI is InChI=1S/C29H37N5O3/c1-23-18-27(33-10-6-3-7-11-33)31-29(26(23)20-30)35-17-16-32-12-14-34(15-13-32)28-22-36-25(21-37-28)19-24-8-4-2-5-9-24/h2,4,8,18,21-22H,3,5-7,9-17,19H2,1H3. The maximum atomic E-state index is 9.66. The number of allylic oxidation sites excluding steroid dienone is 4. The van der Waals surface area contributed by atoms with Crippen LogP contribution in [-0.4, -0.2) is 67.2 Å². The van der Waals surface area contributed by atoms with Gasteiger partial charge in [-0.3, -0.25) is 4.90 Å². The third kappa shape index (κ3) is 6.47. The minimum Gasteiger partial charge on any atom is -0.475 e. The van der Waals surface area contributed by atoms with E-state index in [2.05, 4.69) is 39.0 Å². The molecule has 0 unspecified atom stereocenters. The quantitative estimate of drug-likeness (QED) is 0.510. The van der Waals surface area contributed by atoms with Gasteiger partial charge in [0.2, 0.25) is 11.8 Å². The lowest BCUT2D eigenvalue weighted by Crippen LogP contribution is -2.47. The van der Waals surface area contributed by atoms with Gasteiger partial charge in [0.25, 0.3) is 0 Å². The lowest BCUT2D eigenvalue weighted by atomic mass is 10.0. The topological polar surface area (TPSA) is 74.1 Å². The van der Waals surface area contributed by atoms with Crippen LogP contribution in [0.25, 0.3) is 0 Å². The molecule has 4 aliphatic rings. The summed E-state index contributed by atoms with van der Waals surface area (Å²) in [4.78, 5) is 11.6. The molecule has 0 radical (unpaired) electrons. The van der Waals surface area contributed by atoms with Crippen LogP contribution in [0.5, 0.6) is 5.88 Å². The van der Waals surface area contributed by atoms with Crippen molar-refractivity contribution in [2.45, 2.75) is 45.4 Å². The van der Waals surface area contributed by atoms with Gasteiger partial charge in [0.05, 0.1) is 0 Å². The first kappa shape index (κ1) is 25.2. The number of piperazine rings is 1. The predicted molar refractivity (Wildman–Crippen MR) is 143 cm³/mol. The van der Waals surface area contributed by atoms with Crippen LogP contribution in [0.2, 0.25) is 0 Å². The third-order valence-corrected chi connectivity index (χ3v) is 7.42. The Labute approximate surface area is 220 Å². The maximum absolute atomic E-state index is 9.66. The van der Waals surface area contributed by atoms with Gasteiger partial charge in [-0.15, -0.1) is 0 Å². The highest BCUT2D eigenvalue weighted by atomic mass is 16.6. The average molecular weight is 504 g/mol. The molecule has 0 saturated carbocycles. The average Bonchev–Trinajstić information content (AvgIpc) is 2.95. The molecule has 2 fully saturated rings. The highest BCUT2D eigenvalue weighted by Gasteiger charge is 2.23. The minimum absolute atomic E-state index is 0.460. The lowest BCUT2D eigenvalue weighted by Gasteiger charge is -2.36. The normalized spacial score (nSPS) is 20.3. The summed E-state index contributed by atoms with van der Waals surface area (Å²) < 4.78 is 17.9. The second-order valence-electron chi connectivity index (χ2n) is 10.1. The second-order valence-corrected chi connectivity index (χ2v) is 10.1. The zero-order valence-electron chi connectivity index (χ0n) is 21.8. The Bertz CT molecular complexity index is 1120. The molecule has 1 aromatic rings. The molecular formula is C29H37N5O3. The number of anilines is 1. The molecule has 0 atom stereocenters. The Balaban J connectivity index is 1.07. The molecule has 0 spiro atoms. The summed E-state index contributed by atoms with van der Waals surface area (Å²) in [7, 11) is 0. The zero-order chi connectivity index (χ0) is 25.5. The van der Waals surface area contributed by atoms with E-state index in [1.54, 1.807) is 12.5 Å². The van der Waals surface area contributed by atoms with Gasteiger partial charge in [-0.1, -0.05) is 23.8 Å². The minimum atomic E-state index is 0.460. The van der Waals surface area contributed by atoms with Crippen LogP contribution in [0.1, 0.15) is 49.7 Å². The Morgan fingerprint density at radius 3 is 2.57 bits per heavy atom. The van der Waals surface area contributed by atoms with Gasteiger partial charge in [0.1, 0.15) is 36.1 Å². The molecule has 0 aromatic carbocycles. The first-order chi connectivity index (χ1) is 18.2. The van der Waals surface area contributed by atoms with E-state index in [0.717, 1.165) is 88.1 Å². The van der Waals surface area contributed by atoms with Crippen LogP contribution in [0, 0.1) is 18.3 Å².